The molecular formula is C45H51N5O18S2. The van der Waals surface area contributed by atoms with E-state index in [2.05, 4.69) is 9.88 Å². The van der Waals surface area contributed by atoms with Crippen LogP contribution in [0.2, 0.25) is 0 Å². The molecule has 1 aromatic heterocycles. The van der Waals surface area contributed by atoms with Crippen LogP contribution >= 0.6 is 21.6 Å². The van der Waals surface area contributed by atoms with Crippen molar-refractivity contribution in [3.05, 3.63) is 80.0 Å². The molecule has 23 nitrogen and oxygen atoms in total. The molecule has 2 aliphatic carbocycles. The Morgan fingerprint density at radius 1 is 1.00 bits per heavy atom. The molecule has 0 spiro atoms. The molecule has 3 saturated heterocycles. The van der Waals surface area contributed by atoms with Crippen molar-refractivity contribution in [3.63, 3.8) is 0 Å². The second kappa shape index (κ2) is 21.0. The highest BCUT2D eigenvalue weighted by atomic mass is 33.1. The van der Waals surface area contributed by atoms with Gasteiger partial charge in [0.15, 0.2) is 31.2 Å². The summed E-state index contributed by atoms with van der Waals surface area (Å²) in [6.07, 6.45) is -6.20. The molecule has 3 fully saturated rings. The number of hydrogen-bond donors (Lipinski definition) is 3. The molecule has 0 radical (unpaired) electrons. The lowest BCUT2D eigenvalue weighted by atomic mass is 9.72. The normalized spacial score (nSPS) is 25.7. The number of nitrogens with zero attached hydrogens (tertiary/aromatic N) is 5. The van der Waals surface area contributed by atoms with Gasteiger partial charge < -0.3 is 63.0 Å². The van der Waals surface area contributed by atoms with E-state index < -0.39 is 119 Å². The monoisotopic (exact) mass is 1010 g/mol. The maximum absolute atomic E-state index is 14.2. The number of carbonyl (C=O) groups is 5. The Morgan fingerprint density at radius 3 is 2.41 bits per heavy atom. The first-order valence-electron chi connectivity index (χ1n) is 22.1. The highest BCUT2D eigenvalue weighted by molar-refractivity contribution is 8.76. The summed E-state index contributed by atoms with van der Waals surface area (Å²) in [7, 11) is 8.25. The van der Waals surface area contributed by atoms with E-state index in [9.17, 15) is 49.4 Å². The summed E-state index contributed by atoms with van der Waals surface area (Å²) in [5, 5.41) is 47.7. The predicted molar refractivity (Wildman–Crippen MR) is 244 cm³/mol. The van der Waals surface area contributed by atoms with Crippen molar-refractivity contribution in [2.75, 3.05) is 73.5 Å². The second-order valence-electron chi connectivity index (χ2n) is 17.1. The Balaban J connectivity index is 0.945. The quantitative estimate of drug-likeness (QED) is 0.0475. The van der Waals surface area contributed by atoms with Crippen LogP contribution in [0.1, 0.15) is 68.8 Å². The van der Waals surface area contributed by atoms with Crippen LogP contribution in [0, 0.1) is 10.1 Å². The van der Waals surface area contributed by atoms with E-state index in [1.54, 1.807) is 6.92 Å². The van der Waals surface area contributed by atoms with Crippen LogP contribution in [-0.2, 0) is 44.4 Å². The third kappa shape index (κ3) is 9.85. The van der Waals surface area contributed by atoms with Crippen LogP contribution in [-0.4, -0.2) is 186 Å². The molecule has 4 heterocycles. The van der Waals surface area contributed by atoms with Crippen LogP contribution in [0.3, 0.4) is 0 Å². The Labute approximate surface area is 408 Å². The van der Waals surface area contributed by atoms with Crippen molar-refractivity contribution < 1.29 is 82.1 Å². The number of phenolic OH excluding ortho intramolecular Hbond substituents is 2. The molecule has 2 aromatic carbocycles. The van der Waals surface area contributed by atoms with E-state index in [1.165, 1.54) is 85.1 Å². The predicted octanol–water partition coefficient (Wildman–Crippen LogP) is 3.60. The van der Waals surface area contributed by atoms with E-state index in [1.807, 2.05) is 0 Å². The molecule has 376 valence electrons. The second-order valence-corrected chi connectivity index (χ2v) is 19.6. The Bertz CT molecular complexity index is 2550. The van der Waals surface area contributed by atoms with E-state index >= 15 is 0 Å². The van der Waals surface area contributed by atoms with Crippen LogP contribution < -0.4 is 4.74 Å². The number of ether oxygens (including phenoxy) is 8. The van der Waals surface area contributed by atoms with Gasteiger partial charge in [0.1, 0.15) is 46.8 Å². The van der Waals surface area contributed by atoms with E-state index in [0.29, 0.717) is 23.9 Å². The molecule has 3 aliphatic heterocycles. The number of fused-ring (bicyclic) bond motifs is 6. The summed E-state index contributed by atoms with van der Waals surface area (Å²) >= 11 is 0. The number of morpholine rings is 1. The SMILES string of the molecule is COc1cccc2c1C(=O)c1c(O)c3c(c(O)c1C2=O)C[C@@](O)(C(=O)COC(=O)N(C)CCN(C)C(=O)OCCSSc1ccc([N+](=O)[O-])cn1)C[C@@H]3O[C@H]1C[C@H]2[C@H](O[C@@H]3[C@@H](OC)OCCN32)[C@H](C)O1. The Kier molecular flexibility index (Phi) is 15.2. The lowest BCUT2D eigenvalue weighted by molar-refractivity contribution is -0.385. The van der Waals surface area contributed by atoms with Gasteiger partial charge in [-0.25, -0.2) is 14.6 Å². The number of rotatable bonds is 16. The first-order valence-corrected chi connectivity index (χ1v) is 24.4. The van der Waals surface area contributed by atoms with Crippen LogP contribution in [0.4, 0.5) is 15.3 Å². The average Bonchev–Trinajstić information content (AvgIpc) is 3.73. The maximum atomic E-state index is 14.2. The summed E-state index contributed by atoms with van der Waals surface area (Å²) < 4.78 is 46.5. The number of likely N-dealkylation sites (N-methyl/N-ethyl adjacent to an activating group) is 2. The van der Waals surface area contributed by atoms with Gasteiger partial charge in [0.25, 0.3) is 5.69 Å². The van der Waals surface area contributed by atoms with Gasteiger partial charge in [-0.3, -0.25) is 29.4 Å². The van der Waals surface area contributed by atoms with Crippen molar-refractivity contribution in [1.29, 1.82) is 0 Å². The highest BCUT2D eigenvalue weighted by Gasteiger charge is 2.55. The fourth-order valence-electron chi connectivity index (χ4n) is 9.30. The molecule has 0 bridgehead atoms. The van der Waals surface area contributed by atoms with E-state index in [-0.39, 0.29) is 65.8 Å². The topological polar surface area (TPSA) is 286 Å². The smallest absolute Gasteiger partial charge is 0.409 e. The maximum Gasteiger partial charge on any atom is 0.409 e. The number of aromatic hydroxyl groups is 2. The first-order chi connectivity index (χ1) is 33.5. The summed E-state index contributed by atoms with van der Waals surface area (Å²) in [5.41, 5.74) is -4.20. The van der Waals surface area contributed by atoms with Crippen molar-refractivity contribution in [1.82, 2.24) is 19.7 Å². The number of aliphatic hydroxyl groups is 1. The molecule has 3 aromatic rings. The number of amides is 2. The van der Waals surface area contributed by atoms with Crippen molar-refractivity contribution in [2.24, 2.45) is 0 Å². The number of benzene rings is 2. The minimum atomic E-state index is -2.43. The number of ketones is 3. The van der Waals surface area contributed by atoms with E-state index in [0.717, 1.165) is 11.1 Å². The van der Waals surface area contributed by atoms with Gasteiger partial charge in [-0.05, 0) is 29.9 Å². The summed E-state index contributed by atoms with van der Waals surface area (Å²) in [6, 6.07) is 6.93. The zero-order valence-corrected chi connectivity index (χ0v) is 40.2. The number of carbonyl (C=O) groups excluding carboxylic acids is 5. The standard InChI is InChI=1S/C45H51N5O18S2/c1-22-40-26(49-13-14-63-42(62-5)41(49)68-40)17-31(66-22)67-28-19-45(58,18-25-33(28)39(55)35-34(37(25)53)36(52)24-7-6-8-27(61-4)32(24)38(35)54)29(51)21-65-44(57)48(3)12-11-47(2)43(56)64-15-16-69-70-30-10-9-23(20-46-30)50(59)60/h6-10,20,22,26,28,31,40-42,53,55,58H,11-19,21H2,1-5H3/t22-,26-,28-,31-,40+,41+,42-,45-/m0/s1. The molecule has 8 rings (SSSR count). The fourth-order valence-corrected chi connectivity index (χ4v) is 11.0. The highest BCUT2D eigenvalue weighted by Crippen LogP contribution is 2.53. The third-order valence-corrected chi connectivity index (χ3v) is 15.1. The summed E-state index contributed by atoms with van der Waals surface area (Å²) in [6.45, 7) is 1.72. The number of nitro groups is 1. The molecule has 25 heteroatoms. The molecule has 3 N–H and O–H groups in total. The summed E-state index contributed by atoms with van der Waals surface area (Å²) in [4.78, 5) is 86.9. The average molecular weight is 1010 g/mol. The Morgan fingerprint density at radius 2 is 1.73 bits per heavy atom. The number of methoxy groups -OCH3 is 2. The van der Waals surface area contributed by atoms with Gasteiger partial charge in [0, 0.05) is 94.7 Å². The fraction of sp³-hybridized carbons (Fsp3) is 0.511. The molecule has 0 unspecified atom stereocenters. The number of pyridine rings is 1. The van der Waals surface area contributed by atoms with Gasteiger partial charge in [-0.2, -0.15) is 0 Å². The van der Waals surface area contributed by atoms with Gasteiger partial charge >= 0.3 is 12.2 Å². The van der Waals surface area contributed by atoms with Crippen LogP contribution in [0.25, 0.3) is 0 Å². The van der Waals surface area contributed by atoms with Gasteiger partial charge in [-0.15, -0.1) is 0 Å². The molecule has 0 saturated carbocycles. The Hall–Kier alpha value is -5.64. The molecule has 2 amide bonds. The van der Waals surface area contributed by atoms with Gasteiger partial charge in [0.2, 0.25) is 11.6 Å². The molecule has 70 heavy (non-hydrogen) atoms. The minimum absolute atomic E-state index is 0.00698. The van der Waals surface area contributed by atoms with E-state index in [4.69, 9.17) is 37.9 Å². The lowest BCUT2D eigenvalue weighted by Gasteiger charge is -2.43. The first kappa shape index (κ1) is 50.7. The summed E-state index contributed by atoms with van der Waals surface area (Å²) in [5.74, 6) is -3.63. The number of aromatic nitrogens is 1. The lowest BCUT2D eigenvalue weighted by Crippen LogP contribution is -2.55. The van der Waals surface area contributed by atoms with Crippen molar-refractivity contribution in [2.45, 2.75) is 80.0 Å². The number of hydrogen-bond acceptors (Lipinski definition) is 22. The zero-order valence-electron chi connectivity index (χ0n) is 38.6. The number of Topliss-reactive ketones (excluding diaryl/α,β-unsaturated/α-hetero) is 1. The minimum Gasteiger partial charge on any atom is -0.507 e. The largest absolute Gasteiger partial charge is 0.507 e. The number of phenols is 2. The van der Waals surface area contributed by atoms with Crippen LogP contribution in [0.15, 0.2) is 41.6 Å². The zero-order chi connectivity index (χ0) is 50.2. The third-order valence-electron chi connectivity index (χ3n) is 12.9. The van der Waals surface area contributed by atoms with Gasteiger partial charge in [-0.1, -0.05) is 22.9 Å². The molecule has 5 aliphatic rings. The van der Waals surface area contributed by atoms with Crippen molar-refractivity contribution >= 4 is 56.8 Å². The van der Waals surface area contributed by atoms with Crippen molar-refractivity contribution in [3.8, 4) is 17.2 Å². The van der Waals surface area contributed by atoms with Gasteiger partial charge in [0.05, 0.1) is 47.5 Å². The molecular weight excluding hydrogens is 963 g/mol. The van der Waals surface area contributed by atoms with Crippen LogP contribution in [0.5, 0.6) is 17.2 Å². The molecule has 8 atom stereocenters.